The van der Waals surface area contributed by atoms with Crippen LogP contribution in [0.1, 0.15) is 33.3 Å². The predicted molar refractivity (Wildman–Crippen MR) is 107 cm³/mol. The van der Waals surface area contributed by atoms with Crippen LogP contribution < -0.4 is 0 Å². The number of rotatable bonds is 6. The van der Waals surface area contributed by atoms with Crippen LogP contribution in [0.5, 0.6) is 0 Å². The van der Waals surface area contributed by atoms with Crippen molar-refractivity contribution in [2.24, 2.45) is 0 Å². The van der Waals surface area contributed by atoms with Gasteiger partial charge in [-0.2, -0.15) is 0 Å². The summed E-state index contributed by atoms with van der Waals surface area (Å²) in [5, 5.41) is 27.4. The van der Waals surface area contributed by atoms with Gasteiger partial charge in [0.25, 0.3) is 0 Å². The average molecular weight is 380 g/mol. The van der Waals surface area contributed by atoms with Gasteiger partial charge >= 0.3 is 5.97 Å². The van der Waals surface area contributed by atoms with E-state index >= 15 is 0 Å². The van der Waals surface area contributed by atoms with Crippen molar-refractivity contribution >= 4 is 17.7 Å². The Morgan fingerprint density at radius 2 is 1.74 bits per heavy atom. The average Bonchev–Trinajstić information content (AvgIpc) is 2.66. The summed E-state index contributed by atoms with van der Waals surface area (Å²) in [7, 11) is 0. The molecule has 0 radical (unpaired) electrons. The SMILES string of the molecule is Cc1cc(C(=O)O)ccc1-c1cccc(SCc2ccc(C(O)O)cc2)c1. The normalized spacial score (nSPS) is 11.0. The highest BCUT2D eigenvalue weighted by molar-refractivity contribution is 7.98. The number of hydrogen-bond donors (Lipinski definition) is 3. The number of benzene rings is 3. The number of aliphatic hydroxyl groups excluding tert-OH is 1. The number of hydrogen-bond acceptors (Lipinski definition) is 4. The maximum Gasteiger partial charge on any atom is 0.335 e. The molecule has 5 heteroatoms. The maximum atomic E-state index is 11.1. The smallest absolute Gasteiger partial charge is 0.335 e. The largest absolute Gasteiger partial charge is 0.478 e. The van der Waals surface area contributed by atoms with Gasteiger partial charge in [-0.15, -0.1) is 11.8 Å². The van der Waals surface area contributed by atoms with E-state index in [1.807, 2.05) is 43.3 Å². The van der Waals surface area contributed by atoms with Crippen LogP contribution in [0.3, 0.4) is 0 Å². The summed E-state index contributed by atoms with van der Waals surface area (Å²) in [5.41, 5.74) is 4.85. The maximum absolute atomic E-state index is 11.1. The van der Waals surface area contributed by atoms with Crippen LogP contribution in [0.4, 0.5) is 0 Å². The third kappa shape index (κ3) is 4.77. The van der Waals surface area contributed by atoms with Gasteiger partial charge in [0, 0.05) is 16.2 Å². The lowest BCUT2D eigenvalue weighted by Crippen LogP contribution is -1.97. The van der Waals surface area contributed by atoms with E-state index in [-0.39, 0.29) is 0 Å². The van der Waals surface area contributed by atoms with Gasteiger partial charge in [0.15, 0.2) is 6.29 Å². The second-order valence-electron chi connectivity index (χ2n) is 6.27. The molecule has 0 heterocycles. The lowest BCUT2D eigenvalue weighted by Gasteiger charge is -2.10. The Morgan fingerprint density at radius 1 is 1.00 bits per heavy atom. The van der Waals surface area contributed by atoms with Gasteiger partial charge in [0.2, 0.25) is 0 Å². The van der Waals surface area contributed by atoms with Crippen molar-refractivity contribution < 1.29 is 20.1 Å². The van der Waals surface area contributed by atoms with E-state index in [1.54, 1.807) is 36.0 Å². The molecule has 0 unspecified atom stereocenters. The second-order valence-corrected chi connectivity index (χ2v) is 7.32. The van der Waals surface area contributed by atoms with Gasteiger partial charge in [-0.25, -0.2) is 4.79 Å². The molecule has 3 aromatic rings. The zero-order valence-corrected chi connectivity index (χ0v) is 15.6. The minimum Gasteiger partial charge on any atom is -0.478 e. The first kappa shape index (κ1) is 19.2. The Bertz CT molecular complexity index is 949. The molecule has 0 atom stereocenters. The molecule has 3 aromatic carbocycles. The zero-order valence-electron chi connectivity index (χ0n) is 14.8. The van der Waals surface area contributed by atoms with Crippen LogP contribution in [0, 0.1) is 6.92 Å². The van der Waals surface area contributed by atoms with Crippen LogP contribution in [0.2, 0.25) is 0 Å². The molecule has 0 saturated heterocycles. The number of thioether (sulfide) groups is 1. The van der Waals surface area contributed by atoms with Gasteiger partial charge in [-0.05, 0) is 53.4 Å². The van der Waals surface area contributed by atoms with E-state index < -0.39 is 12.3 Å². The molecule has 0 aliphatic heterocycles. The summed E-state index contributed by atoms with van der Waals surface area (Å²) in [4.78, 5) is 12.2. The second kappa shape index (κ2) is 8.39. The Morgan fingerprint density at radius 3 is 2.37 bits per heavy atom. The van der Waals surface area contributed by atoms with Crippen LogP contribution >= 0.6 is 11.8 Å². The standard InChI is InChI=1S/C22H20O4S/c1-14-11-18(22(25)26)9-10-20(14)17-3-2-4-19(12-17)27-13-15-5-7-16(8-6-15)21(23)24/h2-12,21,23-24H,13H2,1H3,(H,25,26). The zero-order chi connectivity index (χ0) is 19.4. The number of aliphatic hydroxyl groups is 2. The van der Waals surface area contributed by atoms with Crippen molar-refractivity contribution in [3.05, 3.63) is 89.0 Å². The van der Waals surface area contributed by atoms with Gasteiger partial charge < -0.3 is 15.3 Å². The van der Waals surface area contributed by atoms with Crippen molar-refractivity contribution in [3.8, 4) is 11.1 Å². The van der Waals surface area contributed by atoms with Gasteiger partial charge in [-0.3, -0.25) is 0 Å². The third-order valence-electron chi connectivity index (χ3n) is 4.30. The molecule has 27 heavy (non-hydrogen) atoms. The minimum atomic E-state index is -1.45. The van der Waals surface area contributed by atoms with Crippen molar-refractivity contribution in [2.45, 2.75) is 23.9 Å². The van der Waals surface area contributed by atoms with E-state index in [9.17, 15) is 4.79 Å². The molecule has 0 amide bonds. The predicted octanol–water partition coefficient (Wildman–Crippen LogP) is 4.64. The first-order chi connectivity index (χ1) is 12.9. The fourth-order valence-electron chi connectivity index (χ4n) is 2.83. The fourth-order valence-corrected chi connectivity index (χ4v) is 3.74. The van der Waals surface area contributed by atoms with Crippen LogP contribution in [0.25, 0.3) is 11.1 Å². The van der Waals surface area contributed by atoms with E-state index in [4.69, 9.17) is 15.3 Å². The van der Waals surface area contributed by atoms with Crippen LogP contribution in [-0.2, 0) is 5.75 Å². The third-order valence-corrected chi connectivity index (χ3v) is 5.37. The van der Waals surface area contributed by atoms with Crippen molar-refractivity contribution in [2.75, 3.05) is 0 Å². The van der Waals surface area contributed by atoms with Gasteiger partial charge in [0.1, 0.15) is 0 Å². The molecular weight excluding hydrogens is 360 g/mol. The Labute approximate surface area is 162 Å². The number of carbonyl (C=O) groups is 1. The Balaban J connectivity index is 1.75. The molecule has 0 aliphatic rings. The Kier molecular flexibility index (Phi) is 5.96. The lowest BCUT2D eigenvalue weighted by atomic mass is 9.98. The quantitative estimate of drug-likeness (QED) is 0.429. The van der Waals surface area contributed by atoms with Gasteiger partial charge in [-0.1, -0.05) is 42.5 Å². The summed E-state index contributed by atoms with van der Waals surface area (Å²) < 4.78 is 0. The summed E-state index contributed by atoms with van der Waals surface area (Å²) in [6, 6.07) is 20.5. The van der Waals surface area contributed by atoms with Crippen molar-refractivity contribution in [3.63, 3.8) is 0 Å². The molecular formula is C22H20O4S. The molecule has 0 spiro atoms. The van der Waals surface area contributed by atoms with E-state index in [0.29, 0.717) is 11.1 Å². The molecule has 4 nitrogen and oxygen atoms in total. The molecule has 3 N–H and O–H groups in total. The molecule has 0 bridgehead atoms. The molecule has 3 rings (SSSR count). The molecule has 0 saturated carbocycles. The highest BCUT2D eigenvalue weighted by Gasteiger charge is 2.08. The fraction of sp³-hybridized carbons (Fsp3) is 0.136. The van der Waals surface area contributed by atoms with E-state index in [0.717, 1.165) is 32.9 Å². The highest BCUT2D eigenvalue weighted by Crippen LogP contribution is 2.30. The molecule has 0 aliphatic carbocycles. The van der Waals surface area contributed by atoms with Gasteiger partial charge in [0.05, 0.1) is 5.56 Å². The van der Waals surface area contributed by atoms with Crippen LogP contribution in [-0.4, -0.2) is 21.3 Å². The lowest BCUT2D eigenvalue weighted by molar-refractivity contribution is -0.0424. The number of carboxylic acids is 1. The molecule has 138 valence electrons. The number of carboxylic acid groups (broad SMARTS) is 1. The minimum absolute atomic E-state index is 0.290. The van der Waals surface area contributed by atoms with Crippen LogP contribution in [0.15, 0.2) is 71.6 Å². The van der Waals surface area contributed by atoms with Crippen molar-refractivity contribution in [1.82, 2.24) is 0 Å². The van der Waals surface area contributed by atoms with E-state index in [1.165, 1.54) is 0 Å². The van der Waals surface area contributed by atoms with Crippen molar-refractivity contribution in [1.29, 1.82) is 0 Å². The summed E-state index contributed by atoms with van der Waals surface area (Å²) in [6.07, 6.45) is -1.45. The molecule has 0 aromatic heterocycles. The highest BCUT2D eigenvalue weighted by atomic mass is 32.2. The topological polar surface area (TPSA) is 77.8 Å². The number of aromatic carboxylic acids is 1. The summed E-state index contributed by atoms with van der Waals surface area (Å²) >= 11 is 1.69. The number of aryl methyl sites for hydroxylation is 1. The molecule has 0 fully saturated rings. The summed E-state index contributed by atoms with van der Waals surface area (Å²) in [6.45, 7) is 1.92. The summed E-state index contributed by atoms with van der Waals surface area (Å²) in [5.74, 6) is -0.156. The Hall–Kier alpha value is -2.60. The van der Waals surface area contributed by atoms with E-state index in [2.05, 4.69) is 6.07 Å². The first-order valence-electron chi connectivity index (χ1n) is 8.46. The monoisotopic (exact) mass is 380 g/mol. The first-order valence-corrected chi connectivity index (χ1v) is 9.45.